The van der Waals surface area contributed by atoms with Crippen molar-refractivity contribution in [2.45, 2.75) is 37.8 Å². The molecule has 1 fully saturated rings. The van der Waals surface area contributed by atoms with Crippen molar-refractivity contribution >= 4 is 34.0 Å². The predicted octanol–water partition coefficient (Wildman–Crippen LogP) is 4.36. The SMILES string of the molecule is NC(=O)c1cc(F)c(NC2CCCCC2N)nc1Nc1ccnc(-c2cccc3cnccc23)c1. The van der Waals surface area contributed by atoms with Gasteiger partial charge >= 0.3 is 0 Å². The second-order valence-corrected chi connectivity index (χ2v) is 8.74. The molecule has 2 atom stereocenters. The van der Waals surface area contributed by atoms with Crippen LogP contribution in [0.3, 0.4) is 0 Å². The molecule has 0 bridgehead atoms. The number of nitrogens with two attached hydrogens (primary N) is 2. The number of primary amides is 1. The number of anilines is 3. The van der Waals surface area contributed by atoms with Crippen LogP contribution in [-0.2, 0) is 0 Å². The topological polar surface area (TPSA) is 132 Å². The third-order valence-electron chi connectivity index (χ3n) is 6.36. The zero-order valence-corrected chi connectivity index (χ0v) is 19.0. The summed E-state index contributed by atoms with van der Waals surface area (Å²) >= 11 is 0. The summed E-state index contributed by atoms with van der Waals surface area (Å²) in [5, 5.41) is 8.27. The molecule has 1 aliphatic carbocycles. The lowest BCUT2D eigenvalue weighted by atomic mass is 9.91. The van der Waals surface area contributed by atoms with Gasteiger partial charge in [0.25, 0.3) is 5.91 Å². The molecule has 0 radical (unpaired) electrons. The highest BCUT2D eigenvalue weighted by Gasteiger charge is 2.24. The number of carbonyl (C=O) groups is 1. The molecular formula is C26H26FN7O. The van der Waals surface area contributed by atoms with E-state index in [1.165, 1.54) is 0 Å². The molecule has 0 spiro atoms. The summed E-state index contributed by atoms with van der Waals surface area (Å²) < 4.78 is 14.8. The number of carbonyl (C=O) groups excluding carboxylic acids is 1. The number of nitrogens with zero attached hydrogens (tertiary/aromatic N) is 3. The van der Waals surface area contributed by atoms with Gasteiger partial charge in [0.15, 0.2) is 11.6 Å². The molecule has 1 aliphatic rings. The Morgan fingerprint density at radius 2 is 1.91 bits per heavy atom. The van der Waals surface area contributed by atoms with Crippen molar-refractivity contribution in [2.75, 3.05) is 10.6 Å². The van der Waals surface area contributed by atoms with Crippen molar-refractivity contribution in [2.24, 2.45) is 11.5 Å². The molecule has 0 aliphatic heterocycles. The summed E-state index contributed by atoms with van der Waals surface area (Å²) in [6.07, 6.45) is 8.97. The van der Waals surface area contributed by atoms with Crippen LogP contribution in [0, 0.1) is 5.82 Å². The van der Waals surface area contributed by atoms with Crippen LogP contribution in [-0.4, -0.2) is 32.9 Å². The summed E-state index contributed by atoms with van der Waals surface area (Å²) in [7, 11) is 0. The number of hydrogen-bond donors (Lipinski definition) is 4. The van der Waals surface area contributed by atoms with Gasteiger partial charge in [-0.1, -0.05) is 31.0 Å². The summed E-state index contributed by atoms with van der Waals surface area (Å²) in [5.74, 6) is -1.24. The van der Waals surface area contributed by atoms with Gasteiger partial charge in [0.2, 0.25) is 0 Å². The normalized spacial score (nSPS) is 17.8. The van der Waals surface area contributed by atoms with Crippen molar-refractivity contribution in [1.29, 1.82) is 0 Å². The number of fused-ring (bicyclic) bond motifs is 1. The Kier molecular flexibility index (Phi) is 6.24. The first kappa shape index (κ1) is 22.7. The quantitative estimate of drug-likeness (QED) is 0.329. The predicted molar refractivity (Wildman–Crippen MR) is 135 cm³/mol. The molecule has 178 valence electrons. The van der Waals surface area contributed by atoms with E-state index in [2.05, 4.69) is 25.6 Å². The van der Waals surface area contributed by atoms with Gasteiger partial charge in [0.1, 0.15) is 5.82 Å². The lowest BCUT2D eigenvalue weighted by Crippen LogP contribution is -2.43. The summed E-state index contributed by atoms with van der Waals surface area (Å²) in [5.41, 5.74) is 14.0. The standard InChI is InChI=1S/C26H26FN7O/c27-20-13-19(24(29)35)25(34-26(20)33-22-7-2-1-6-21(22)28)32-16-8-11-31-23(12-16)18-5-3-4-15-14-30-10-9-17(15)18/h3-5,8-14,21-22H,1-2,6-7,28H2,(H2,29,35)(H2,31,32,33,34). The fourth-order valence-corrected chi connectivity index (χ4v) is 4.53. The molecule has 1 amide bonds. The summed E-state index contributed by atoms with van der Waals surface area (Å²) in [6.45, 7) is 0. The van der Waals surface area contributed by atoms with Crippen LogP contribution in [0.25, 0.3) is 22.0 Å². The minimum atomic E-state index is -0.782. The van der Waals surface area contributed by atoms with Crippen molar-refractivity contribution in [3.63, 3.8) is 0 Å². The van der Waals surface area contributed by atoms with Gasteiger partial charge in [-0.3, -0.25) is 14.8 Å². The number of halogens is 1. The second-order valence-electron chi connectivity index (χ2n) is 8.74. The minimum Gasteiger partial charge on any atom is -0.365 e. The van der Waals surface area contributed by atoms with Crippen LogP contribution in [0.5, 0.6) is 0 Å². The number of pyridine rings is 3. The minimum absolute atomic E-state index is 0.0377. The highest BCUT2D eigenvalue weighted by molar-refractivity contribution is 5.99. The first-order chi connectivity index (χ1) is 17.0. The molecule has 4 aromatic rings. The molecule has 35 heavy (non-hydrogen) atoms. The van der Waals surface area contributed by atoms with E-state index in [-0.39, 0.29) is 29.3 Å². The molecule has 0 saturated heterocycles. The second kappa shape index (κ2) is 9.63. The molecule has 3 aromatic heterocycles. The Morgan fingerprint density at radius 3 is 2.74 bits per heavy atom. The van der Waals surface area contributed by atoms with Crippen LogP contribution in [0.2, 0.25) is 0 Å². The Hall–Kier alpha value is -4.11. The van der Waals surface area contributed by atoms with Crippen molar-refractivity contribution in [3.8, 4) is 11.3 Å². The maximum Gasteiger partial charge on any atom is 0.252 e. The first-order valence-electron chi connectivity index (χ1n) is 11.6. The molecular weight excluding hydrogens is 445 g/mol. The average molecular weight is 472 g/mol. The fraction of sp³-hybridized carbons (Fsp3) is 0.231. The van der Waals surface area contributed by atoms with E-state index in [9.17, 15) is 9.18 Å². The van der Waals surface area contributed by atoms with Gasteiger partial charge < -0.3 is 22.1 Å². The number of hydrogen-bond acceptors (Lipinski definition) is 7. The van der Waals surface area contributed by atoms with E-state index >= 15 is 0 Å². The van der Waals surface area contributed by atoms with Gasteiger partial charge in [0.05, 0.1) is 11.3 Å². The van der Waals surface area contributed by atoms with E-state index in [4.69, 9.17) is 11.5 Å². The lowest BCUT2D eigenvalue weighted by molar-refractivity contribution is 0.100. The number of amides is 1. The zero-order chi connectivity index (χ0) is 24.4. The van der Waals surface area contributed by atoms with E-state index in [1.54, 1.807) is 24.7 Å². The van der Waals surface area contributed by atoms with Crippen molar-refractivity contribution in [3.05, 3.63) is 72.4 Å². The summed E-state index contributed by atoms with van der Waals surface area (Å²) in [4.78, 5) is 25.2. The maximum absolute atomic E-state index is 14.8. The van der Waals surface area contributed by atoms with Gasteiger partial charge in [-0.2, -0.15) is 0 Å². The van der Waals surface area contributed by atoms with Crippen molar-refractivity contribution < 1.29 is 9.18 Å². The first-order valence-corrected chi connectivity index (χ1v) is 11.6. The smallest absolute Gasteiger partial charge is 0.252 e. The molecule has 1 aromatic carbocycles. The average Bonchev–Trinajstić information content (AvgIpc) is 2.87. The van der Waals surface area contributed by atoms with Crippen LogP contribution in [0.15, 0.2) is 61.1 Å². The van der Waals surface area contributed by atoms with Gasteiger partial charge in [-0.15, -0.1) is 0 Å². The van der Waals surface area contributed by atoms with Crippen LogP contribution in [0.1, 0.15) is 36.0 Å². The molecule has 3 heterocycles. The lowest BCUT2D eigenvalue weighted by Gasteiger charge is -2.30. The number of aromatic nitrogens is 3. The third-order valence-corrected chi connectivity index (χ3v) is 6.36. The molecule has 9 heteroatoms. The van der Waals surface area contributed by atoms with E-state index in [0.717, 1.165) is 53.8 Å². The van der Waals surface area contributed by atoms with Crippen molar-refractivity contribution in [1.82, 2.24) is 15.0 Å². The number of benzene rings is 1. The third kappa shape index (κ3) is 4.76. The Bertz CT molecular complexity index is 1390. The van der Waals surface area contributed by atoms with Crippen LogP contribution in [0.4, 0.5) is 21.7 Å². The Morgan fingerprint density at radius 1 is 1.06 bits per heavy atom. The van der Waals surface area contributed by atoms with E-state index in [1.807, 2.05) is 30.3 Å². The Balaban J connectivity index is 1.49. The summed E-state index contributed by atoms with van der Waals surface area (Å²) in [6, 6.07) is 12.4. The van der Waals surface area contributed by atoms with E-state index in [0.29, 0.717) is 5.69 Å². The fourth-order valence-electron chi connectivity index (χ4n) is 4.53. The van der Waals surface area contributed by atoms with E-state index < -0.39 is 11.7 Å². The van der Waals surface area contributed by atoms with Gasteiger partial charge in [-0.05, 0) is 42.5 Å². The van der Waals surface area contributed by atoms with Gasteiger partial charge in [0, 0.05) is 47.3 Å². The maximum atomic E-state index is 14.8. The molecule has 8 nitrogen and oxygen atoms in total. The number of rotatable bonds is 6. The van der Waals surface area contributed by atoms with Crippen LogP contribution >= 0.6 is 0 Å². The largest absolute Gasteiger partial charge is 0.365 e. The van der Waals surface area contributed by atoms with Gasteiger partial charge in [-0.25, -0.2) is 9.37 Å². The molecule has 1 saturated carbocycles. The monoisotopic (exact) mass is 471 g/mol. The molecule has 2 unspecified atom stereocenters. The number of nitrogens with one attached hydrogen (secondary N) is 2. The molecule has 5 rings (SSSR count). The van der Waals surface area contributed by atoms with Crippen LogP contribution < -0.4 is 22.1 Å². The highest BCUT2D eigenvalue weighted by Crippen LogP contribution is 2.30. The Labute approximate surface area is 202 Å². The highest BCUT2D eigenvalue weighted by atomic mass is 19.1. The molecule has 6 N–H and O–H groups in total. The zero-order valence-electron chi connectivity index (χ0n) is 19.0.